The smallest absolute Gasteiger partial charge is 0.159 e. The van der Waals surface area contributed by atoms with Gasteiger partial charge in [-0.25, -0.2) is 17.2 Å². The maximum Gasteiger partial charge on any atom is 0.159 e. The number of sulfone groups is 1. The Labute approximate surface area is 106 Å². The summed E-state index contributed by atoms with van der Waals surface area (Å²) in [7, 11) is -3.00. The van der Waals surface area contributed by atoms with Crippen LogP contribution >= 0.6 is 0 Å². The van der Waals surface area contributed by atoms with Crippen LogP contribution in [0, 0.1) is 11.6 Å². The fourth-order valence-corrected chi connectivity index (χ4v) is 2.80. The Hall–Kier alpha value is -1.01. The van der Waals surface area contributed by atoms with Crippen molar-refractivity contribution >= 4 is 9.84 Å². The van der Waals surface area contributed by atoms with E-state index in [1.54, 1.807) is 0 Å². The van der Waals surface area contributed by atoms with Gasteiger partial charge in [-0.2, -0.15) is 0 Å². The summed E-state index contributed by atoms with van der Waals surface area (Å²) in [4.78, 5) is 0. The molecule has 0 amide bonds. The Morgan fingerprint density at radius 1 is 1.17 bits per heavy atom. The lowest BCUT2D eigenvalue weighted by Crippen LogP contribution is -2.24. The average molecular weight is 277 g/mol. The lowest BCUT2D eigenvalue weighted by atomic mass is 10.2. The van der Waals surface area contributed by atoms with Gasteiger partial charge in [0, 0.05) is 18.8 Å². The zero-order valence-corrected chi connectivity index (χ0v) is 11.1. The zero-order valence-electron chi connectivity index (χ0n) is 10.2. The standard InChI is InChI=1S/C12H17F2NO2S/c1-2-6-18(16,17)7-5-15-9-10-3-4-11(13)12(14)8-10/h3-4,8,15H,2,5-7,9H2,1H3. The van der Waals surface area contributed by atoms with Crippen molar-refractivity contribution in [3.05, 3.63) is 35.4 Å². The van der Waals surface area contributed by atoms with Gasteiger partial charge < -0.3 is 5.32 Å². The molecule has 0 aliphatic rings. The molecule has 0 unspecified atom stereocenters. The Morgan fingerprint density at radius 2 is 1.89 bits per heavy atom. The van der Waals surface area contributed by atoms with E-state index < -0.39 is 21.5 Å². The minimum absolute atomic E-state index is 0.0600. The Kier molecular flexibility index (Phi) is 5.68. The SMILES string of the molecule is CCCS(=O)(=O)CCNCc1ccc(F)c(F)c1. The van der Waals surface area contributed by atoms with Crippen molar-refractivity contribution in [3.8, 4) is 0 Å². The van der Waals surface area contributed by atoms with Crippen LogP contribution in [-0.4, -0.2) is 26.5 Å². The number of nitrogens with one attached hydrogen (secondary N) is 1. The summed E-state index contributed by atoms with van der Waals surface area (Å²) in [6.45, 7) is 2.44. The molecule has 0 fully saturated rings. The second kappa shape index (κ2) is 6.80. The van der Waals surface area contributed by atoms with E-state index in [9.17, 15) is 17.2 Å². The minimum atomic E-state index is -3.00. The van der Waals surface area contributed by atoms with Gasteiger partial charge >= 0.3 is 0 Å². The molecule has 0 aliphatic heterocycles. The molecule has 102 valence electrons. The molecule has 0 saturated carbocycles. The van der Waals surface area contributed by atoms with Crippen molar-refractivity contribution in [2.75, 3.05) is 18.1 Å². The molecule has 1 N–H and O–H groups in total. The highest BCUT2D eigenvalue weighted by atomic mass is 32.2. The Bertz CT molecular complexity index is 489. The number of rotatable bonds is 7. The molecule has 3 nitrogen and oxygen atoms in total. The van der Waals surface area contributed by atoms with E-state index in [0.29, 0.717) is 25.1 Å². The fourth-order valence-electron chi connectivity index (χ4n) is 1.52. The molecule has 0 radical (unpaired) electrons. The van der Waals surface area contributed by atoms with Gasteiger partial charge in [-0.15, -0.1) is 0 Å². The van der Waals surface area contributed by atoms with E-state index in [2.05, 4.69) is 5.32 Å². The molecule has 6 heteroatoms. The Morgan fingerprint density at radius 3 is 2.50 bits per heavy atom. The van der Waals surface area contributed by atoms with Crippen LogP contribution in [0.25, 0.3) is 0 Å². The molecule has 1 aromatic carbocycles. The van der Waals surface area contributed by atoms with Gasteiger partial charge in [0.2, 0.25) is 0 Å². The summed E-state index contributed by atoms with van der Waals surface area (Å²) in [5.74, 6) is -1.54. The zero-order chi connectivity index (χ0) is 13.6. The maximum absolute atomic E-state index is 12.9. The normalized spacial score (nSPS) is 11.7. The lowest BCUT2D eigenvalue weighted by Gasteiger charge is -2.06. The molecule has 0 bridgehead atoms. The first kappa shape index (κ1) is 15.0. The van der Waals surface area contributed by atoms with Crippen molar-refractivity contribution < 1.29 is 17.2 Å². The molecule has 1 rings (SSSR count). The summed E-state index contributed by atoms with van der Waals surface area (Å²) in [6.07, 6.45) is 0.603. The van der Waals surface area contributed by atoms with E-state index in [1.807, 2.05) is 6.92 Å². The fraction of sp³-hybridized carbons (Fsp3) is 0.500. The third-order valence-corrected chi connectivity index (χ3v) is 4.27. The minimum Gasteiger partial charge on any atom is -0.312 e. The van der Waals surface area contributed by atoms with Crippen LogP contribution in [0.5, 0.6) is 0 Å². The Balaban J connectivity index is 2.36. The molecular weight excluding hydrogens is 260 g/mol. The summed E-state index contributed by atoms with van der Waals surface area (Å²) in [5.41, 5.74) is 0.585. The van der Waals surface area contributed by atoms with Crippen LogP contribution in [0.15, 0.2) is 18.2 Å². The molecule has 0 spiro atoms. The number of hydrogen-bond donors (Lipinski definition) is 1. The first-order valence-corrected chi connectivity index (χ1v) is 7.62. The summed E-state index contributed by atoms with van der Waals surface area (Å²) >= 11 is 0. The predicted molar refractivity (Wildman–Crippen MR) is 67.0 cm³/mol. The van der Waals surface area contributed by atoms with E-state index in [4.69, 9.17) is 0 Å². The van der Waals surface area contributed by atoms with E-state index in [1.165, 1.54) is 6.07 Å². The van der Waals surface area contributed by atoms with Crippen molar-refractivity contribution in [1.29, 1.82) is 0 Å². The summed E-state index contributed by atoms with van der Waals surface area (Å²) in [5, 5.41) is 2.89. The molecule has 1 aromatic rings. The first-order chi connectivity index (χ1) is 8.44. The van der Waals surface area contributed by atoms with Gasteiger partial charge in [-0.1, -0.05) is 13.0 Å². The van der Waals surface area contributed by atoms with Crippen molar-refractivity contribution in [3.63, 3.8) is 0 Å². The van der Waals surface area contributed by atoms with Crippen LogP contribution < -0.4 is 5.32 Å². The van der Waals surface area contributed by atoms with Crippen molar-refractivity contribution in [1.82, 2.24) is 5.32 Å². The maximum atomic E-state index is 12.9. The van der Waals surface area contributed by atoms with Gasteiger partial charge in [0.15, 0.2) is 21.5 Å². The number of benzene rings is 1. The third kappa shape index (κ3) is 5.10. The van der Waals surface area contributed by atoms with E-state index in [0.717, 1.165) is 12.1 Å². The van der Waals surface area contributed by atoms with E-state index in [-0.39, 0.29) is 11.5 Å². The summed E-state index contributed by atoms with van der Waals surface area (Å²) < 4.78 is 48.3. The van der Waals surface area contributed by atoms with Crippen LogP contribution in [-0.2, 0) is 16.4 Å². The molecular formula is C12H17F2NO2S. The molecule has 0 heterocycles. The van der Waals surface area contributed by atoms with Crippen LogP contribution in [0.4, 0.5) is 8.78 Å². The second-order valence-electron chi connectivity index (χ2n) is 4.08. The predicted octanol–water partition coefficient (Wildman–Crippen LogP) is 1.88. The van der Waals surface area contributed by atoms with Gasteiger partial charge in [0.05, 0.1) is 5.75 Å². The molecule has 0 atom stereocenters. The topological polar surface area (TPSA) is 46.2 Å². The molecule has 18 heavy (non-hydrogen) atoms. The lowest BCUT2D eigenvalue weighted by molar-refractivity contribution is 0.506. The molecule has 0 saturated heterocycles. The first-order valence-electron chi connectivity index (χ1n) is 5.79. The van der Waals surface area contributed by atoms with Gasteiger partial charge in [0.1, 0.15) is 0 Å². The number of halogens is 2. The second-order valence-corrected chi connectivity index (χ2v) is 6.38. The molecule has 0 aliphatic carbocycles. The highest BCUT2D eigenvalue weighted by Gasteiger charge is 2.08. The molecule has 0 aromatic heterocycles. The number of hydrogen-bond acceptors (Lipinski definition) is 3. The monoisotopic (exact) mass is 277 g/mol. The highest BCUT2D eigenvalue weighted by Crippen LogP contribution is 2.08. The van der Waals surface area contributed by atoms with Gasteiger partial charge in [-0.3, -0.25) is 0 Å². The van der Waals surface area contributed by atoms with Crippen LogP contribution in [0.3, 0.4) is 0 Å². The van der Waals surface area contributed by atoms with Crippen molar-refractivity contribution in [2.24, 2.45) is 0 Å². The third-order valence-electron chi connectivity index (χ3n) is 2.42. The average Bonchev–Trinajstić information content (AvgIpc) is 2.29. The van der Waals surface area contributed by atoms with Crippen LogP contribution in [0.2, 0.25) is 0 Å². The largest absolute Gasteiger partial charge is 0.312 e. The van der Waals surface area contributed by atoms with Crippen molar-refractivity contribution in [2.45, 2.75) is 19.9 Å². The van der Waals surface area contributed by atoms with E-state index >= 15 is 0 Å². The van der Waals surface area contributed by atoms with Gasteiger partial charge in [-0.05, 0) is 24.1 Å². The summed E-state index contributed by atoms with van der Waals surface area (Å²) in [6, 6.07) is 3.62. The quantitative estimate of drug-likeness (QED) is 0.774. The van der Waals surface area contributed by atoms with Crippen LogP contribution in [0.1, 0.15) is 18.9 Å². The van der Waals surface area contributed by atoms with Gasteiger partial charge in [0.25, 0.3) is 0 Å². The highest BCUT2D eigenvalue weighted by molar-refractivity contribution is 7.91.